The van der Waals surface area contributed by atoms with Gasteiger partial charge in [-0.25, -0.2) is 11.6 Å². The molecule has 0 N–H and O–H groups in total. The van der Waals surface area contributed by atoms with Crippen LogP contribution in [0.2, 0.25) is 25.7 Å². The zero-order valence-corrected chi connectivity index (χ0v) is 13.3. The molecule has 0 aromatic carbocycles. The van der Waals surface area contributed by atoms with Crippen molar-refractivity contribution in [1.29, 1.82) is 0 Å². The van der Waals surface area contributed by atoms with Crippen molar-refractivity contribution in [2.45, 2.75) is 32.1 Å². The summed E-state index contributed by atoms with van der Waals surface area (Å²) in [5.41, 5.74) is 1.51. The Balaban J connectivity index is -0.000000333. The first-order valence-corrected chi connectivity index (χ1v) is 7.54. The fourth-order valence-electron chi connectivity index (χ4n) is 1.17. The molecule has 13 heavy (non-hydrogen) atoms. The molecule has 0 spiro atoms. The van der Waals surface area contributed by atoms with Crippen molar-refractivity contribution in [2.75, 3.05) is 0 Å². The second-order valence-corrected chi connectivity index (χ2v) is 9.54. The van der Waals surface area contributed by atoms with Crippen molar-refractivity contribution < 1.29 is 51.0 Å². The number of allylic oxidation sites excluding steroid dienone is 4. The van der Waals surface area contributed by atoms with Gasteiger partial charge in [0.1, 0.15) is 0 Å². The van der Waals surface area contributed by atoms with E-state index in [0.717, 1.165) is 6.42 Å². The Kier molecular flexibility index (Phi) is 12.8. The van der Waals surface area contributed by atoms with Crippen LogP contribution in [0.1, 0.15) is 6.42 Å². The predicted octanol–water partition coefficient (Wildman–Crippen LogP) is -2.98. The van der Waals surface area contributed by atoms with Crippen LogP contribution in [-0.2, 0) is 26.2 Å². The van der Waals surface area contributed by atoms with Crippen molar-refractivity contribution in [2.24, 2.45) is 0 Å². The Bertz CT molecular complexity index is 183. The summed E-state index contributed by atoms with van der Waals surface area (Å²) >= 11 is 0. The maximum absolute atomic E-state index is 3.20. The second-order valence-electron chi connectivity index (χ2n) is 4.07. The number of hydrogen-bond acceptors (Lipinski definition) is 0. The molecular formula is C9H15Cl2SiZr. The zero-order valence-electron chi connectivity index (χ0n) is 8.32. The Morgan fingerprint density at radius 1 is 1.31 bits per heavy atom. The van der Waals surface area contributed by atoms with Crippen molar-refractivity contribution in [1.82, 2.24) is 0 Å². The van der Waals surface area contributed by atoms with E-state index in [4.69, 9.17) is 0 Å². The Morgan fingerprint density at radius 3 is 2.15 bits per heavy atom. The van der Waals surface area contributed by atoms with Gasteiger partial charge in [0.05, 0.1) is 0 Å². The Labute approximate surface area is 114 Å². The molecule has 1 radical (unpaired) electrons. The molecule has 0 saturated heterocycles. The summed E-state index contributed by atoms with van der Waals surface area (Å²) in [6, 6.07) is 1.32. The van der Waals surface area contributed by atoms with Crippen LogP contribution in [0.15, 0.2) is 17.7 Å². The van der Waals surface area contributed by atoms with E-state index in [1.165, 1.54) is 11.6 Å². The van der Waals surface area contributed by atoms with Gasteiger partial charge in [-0.3, -0.25) is 6.08 Å². The molecule has 0 aromatic heterocycles. The minimum atomic E-state index is -0.862. The van der Waals surface area contributed by atoms with E-state index < -0.39 is 8.07 Å². The molecule has 0 nitrogen and oxygen atoms in total. The summed E-state index contributed by atoms with van der Waals surface area (Å²) in [6.07, 6.45) is 8.68. The monoisotopic (exact) mass is 311 g/mol. The average molecular weight is 313 g/mol. The molecule has 0 atom stereocenters. The largest absolute Gasteiger partial charge is 3.00 e. The van der Waals surface area contributed by atoms with Crippen molar-refractivity contribution >= 4 is 8.07 Å². The summed E-state index contributed by atoms with van der Waals surface area (Å²) in [5.74, 6) is 0. The molecule has 0 bridgehead atoms. The molecule has 0 aromatic rings. The molecule has 1 aliphatic carbocycles. The molecule has 1 rings (SSSR count). The summed E-state index contributed by atoms with van der Waals surface area (Å²) in [5, 5.41) is 0. The fourth-order valence-corrected chi connectivity index (χ4v) is 2.65. The summed E-state index contributed by atoms with van der Waals surface area (Å²) in [6.45, 7) is 7.21. The van der Waals surface area contributed by atoms with E-state index in [2.05, 4.69) is 37.9 Å². The third-order valence-corrected chi connectivity index (χ3v) is 2.97. The molecule has 0 saturated carbocycles. The summed E-state index contributed by atoms with van der Waals surface area (Å²) < 4.78 is 0. The van der Waals surface area contributed by atoms with E-state index in [9.17, 15) is 0 Å². The van der Waals surface area contributed by atoms with E-state index >= 15 is 0 Å². The van der Waals surface area contributed by atoms with Gasteiger partial charge in [-0.05, 0) is 0 Å². The Hall–Kier alpha value is 1.16. The van der Waals surface area contributed by atoms with Gasteiger partial charge < -0.3 is 24.8 Å². The van der Waals surface area contributed by atoms with Crippen LogP contribution in [-0.4, -0.2) is 8.07 Å². The summed E-state index contributed by atoms with van der Waals surface area (Å²) in [4.78, 5) is 0. The first-order valence-electron chi connectivity index (χ1n) is 3.83. The SMILES string of the molecule is C[Si](C)(C)CC1=CC[C-]=C1.[Cl-].[Cl-].[Zr+3]. The van der Waals surface area contributed by atoms with E-state index in [0.29, 0.717) is 0 Å². The van der Waals surface area contributed by atoms with Gasteiger partial charge in [0.25, 0.3) is 0 Å². The van der Waals surface area contributed by atoms with E-state index in [1.807, 2.05) is 0 Å². The molecular weight excluding hydrogens is 298 g/mol. The smallest absolute Gasteiger partial charge is 1.00 e. The van der Waals surface area contributed by atoms with Crippen LogP contribution in [0.3, 0.4) is 0 Å². The maximum atomic E-state index is 3.20. The predicted molar refractivity (Wildman–Crippen MR) is 48.7 cm³/mol. The van der Waals surface area contributed by atoms with Gasteiger partial charge in [0.15, 0.2) is 0 Å². The van der Waals surface area contributed by atoms with E-state index in [1.54, 1.807) is 0 Å². The maximum Gasteiger partial charge on any atom is 3.00 e. The first-order chi connectivity index (χ1) is 4.58. The van der Waals surface area contributed by atoms with Crippen molar-refractivity contribution in [3.8, 4) is 0 Å². The van der Waals surface area contributed by atoms with E-state index in [-0.39, 0.29) is 51.0 Å². The Morgan fingerprint density at radius 2 is 1.85 bits per heavy atom. The standard InChI is InChI=1S/C9H15Si.2ClH.Zr/c1-10(2,3)8-9-6-4-5-7-9;;;/h6-7H,4,8H2,1-3H3;2*1H;/q-1;;;+3/p-2. The van der Waals surface area contributed by atoms with Gasteiger partial charge in [0, 0.05) is 8.07 Å². The average Bonchev–Trinajstić information content (AvgIpc) is 2.12. The molecule has 0 aliphatic heterocycles. The normalized spacial score (nSPS) is 13.6. The molecule has 73 valence electrons. The van der Waals surface area contributed by atoms with Gasteiger partial charge in [-0.1, -0.05) is 25.7 Å². The van der Waals surface area contributed by atoms with Crippen LogP contribution in [0.25, 0.3) is 0 Å². The van der Waals surface area contributed by atoms with Gasteiger partial charge in [0.2, 0.25) is 0 Å². The topological polar surface area (TPSA) is 0 Å². The van der Waals surface area contributed by atoms with Crippen molar-refractivity contribution in [3.63, 3.8) is 0 Å². The van der Waals surface area contributed by atoms with Crippen LogP contribution < -0.4 is 24.8 Å². The zero-order chi connectivity index (χ0) is 7.61. The van der Waals surface area contributed by atoms with Crippen LogP contribution in [0, 0.1) is 6.08 Å². The molecule has 0 heterocycles. The summed E-state index contributed by atoms with van der Waals surface area (Å²) in [7, 11) is -0.862. The minimum Gasteiger partial charge on any atom is -1.00 e. The third kappa shape index (κ3) is 9.46. The molecule has 0 unspecified atom stereocenters. The third-order valence-electron chi connectivity index (χ3n) is 1.50. The number of hydrogen-bond donors (Lipinski definition) is 0. The quantitative estimate of drug-likeness (QED) is 0.377. The first kappa shape index (κ1) is 19.7. The van der Waals surface area contributed by atoms with Crippen LogP contribution >= 0.6 is 0 Å². The van der Waals surface area contributed by atoms with Crippen molar-refractivity contribution in [3.05, 3.63) is 23.8 Å². The van der Waals surface area contributed by atoms with Gasteiger partial charge in [-0.2, -0.15) is 6.08 Å². The molecule has 1 aliphatic rings. The number of halogens is 2. The molecule has 4 heteroatoms. The van der Waals surface area contributed by atoms with Crippen LogP contribution in [0.4, 0.5) is 0 Å². The van der Waals surface area contributed by atoms with Crippen LogP contribution in [0.5, 0.6) is 0 Å². The molecule has 0 fully saturated rings. The second kappa shape index (κ2) is 8.47. The fraction of sp³-hybridized carbons (Fsp3) is 0.556. The minimum absolute atomic E-state index is 0. The van der Waals surface area contributed by atoms with Gasteiger partial charge >= 0.3 is 26.2 Å². The molecule has 0 amide bonds. The van der Waals surface area contributed by atoms with Gasteiger partial charge in [-0.15, -0.1) is 6.42 Å². The number of rotatable bonds is 2.